The van der Waals surface area contributed by atoms with Crippen molar-refractivity contribution in [2.45, 2.75) is 31.5 Å². The number of hydrogen-bond acceptors (Lipinski definition) is 6. The molecule has 0 saturated carbocycles. The Kier molecular flexibility index (Phi) is 5.60. The number of anilines is 1. The lowest BCUT2D eigenvalue weighted by Crippen LogP contribution is -2.58. The third-order valence-corrected chi connectivity index (χ3v) is 6.26. The third kappa shape index (κ3) is 3.75. The molecule has 2 aliphatic rings. The number of aliphatic imine (C=N–C) groups is 1. The first kappa shape index (κ1) is 21.0. The second-order valence-electron chi connectivity index (χ2n) is 8.32. The summed E-state index contributed by atoms with van der Waals surface area (Å²) >= 11 is 0. The molecule has 0 aliphatic carbocycles. The Bertz CT molecular complexity index is 1150. The lowest BCUT2D eigenvalue weighted by molar-refractivity contribution is -0.0137. The van der Waals surface area contributed by atoms with E-state index < -0.39 is 11.6 Å². The lowest BCUT2D eigenvalue weighted by Gasteiger charge is -2.42. The average Bonchev–Trinajstić information content (AvgIpc) is 3.18. The van der Waals surface area contributed by atoms with Crippen LogP contribution in [0, 0.1) is 11.6 Å². The molecule has 0 radical (unpaired) electrons. The number of benzene rings is 1. The highest BCUT2D eigenvalue weighted by Gasteiger charge is 2.35. The monoisotopic (exact) mass is 440 g/mol. The predicted octanol–water partition coefficient (Wildman–Crippen LogP) is 2.93. The number of imidazole rings is 1. The summed E-state index contributed by atoms with van der Waals surface area (Å²) in [6, 6.07) is 5.89. The Morgan fingerprint density at radius 1 is 1.31 bits per heavy atom. The van der Waals surface area contributed by atoms with Gasteiger partial charge in [0, 0.05) is 56.8 Å². The van der Waals surface area contributed by atoms with Crippen LogP contribution < -0.4 is 10.2 Å². The van der Waals surface area contributed by atoms with Crippen LogP contribution in [-0.2, 0) is 4.74 Å². The number of morpholine rings is 1. The van der Waals surface area contributed by atoms with Gasteiger partial charge in [0.05, 0.1) is 36.0 Å². The number of aromatic nitrogens is 3. The first-order chi connectivity index (χ1) is 15.5. The molecule has 168 valence electrons. The first-order valence-corrected chi connectivity index (χ1v) is 10.9. The van der Waals surface area contributed by atoms with Crippen LogP contribution in [0.4, 0.5) is 14.7 Å². The minimum absolute atomic E-state index is 0.166. The largest absolute Gasteiger partial charge is 0.375 e. The van der Waals surface area contributed by atoms with Crippen LogP contribution in [0.15, 0.2) is 35.5 Å². The molecule has 2 aromatic heterocycles. The number of ether oxygens (including phenoxy) is 1. The predicted molar refractivity (Wildman–Crippen MR) is 120 cm³/mol. The molecular weight excluding hydrogens is 414 g/mol. The van der Waals surface area contributed by atoms with Crippen molar-refractivity contribution in [2.75, 3.05) is 38.2 Å². The molecule has 2 fully saturated rings. The van der Waals surface area contributed by atoms with Crippen LogP contribution in [0.25, 0.3) is 11.0 Å². The van der Waals surface area contributed by atoms with Gasteiger partial charge in [0.2, 0.25) is 5.95 Å². The van der Waals surface area contributed by atoms with Gasteiger partial charge < -0.3 is 15.0 Å². The third-order valence-electron chi connectivity index (χ3n) is 6.26. The van der Waals surface area contributed by atoms with Gasteiger partial charge in [0.25, 0.3) is 0 Å². The number of piperidine rings is 1. The number of fused-ring (bicyclic) bond motifs is 2. The Labute approximate surface area is 185 Å². The second kappa shape index (κ2) is 8.55. The summed E-state index contributed by atoms with van der Waals surface area (Å²) in [6.45, 7) is 4.88. The summed E-state index contributed by atoms with van der Waals surface area (Å²) in [6.07, 6.45) is 4.47. The molecule has 1 aromatic carbocycles. The van der Waals surface area contributed by atoms with Crippen molar-refractivity contribution >= 4 is 23.2 Å². The van der Waals surface area contributed by atoms with Crippen molar-refractivity contribution in [3.8, 4) is 0 Å². The fourth-order valence-electron chi connectivity index (χ4n) is 4.71. The van der Waals surface area contributed by atoms with E-state index in [1.54, 1.807) is 19.5 Å². The summed E-state index contributed by atoms with van der Waals surface area (Å²) in [5, 5.41) is 3.51. The van der Waals surface area contributed by atoms with E-state index >= 15 is 4.39 Å². The molecule has 2 saturated heterocycles. The zero-order valence-corrected chi connectivity index (χ0v) is 18.1. The zero-order valence-electron chi connectivity index (χ0n) is 18.1. The smallest absolute Gasteiger partial charge is 0.207 e. The molecular formula is C23H26F2N6O. The normalized spacial score (nSPS) is 22.4. The van der Waals surface area contributed by atoms with E-state index in [4.69, 9.17) is 4.74 Å². The Hall–Kier alpha value is -2.91. The van der Waals surface area contributed by atoms with Crippen LogP contribution in [0.3, 0.4) is 0 Å². The van der Waals surface area contributed by atoms with Gasteiger partial charge in [-0.3, -0.25) is 14.5 Å². The maximum atomic E-state index is 15.0. The van der Waals surface area contributed by atoms with Crippen molar-refractivity contribution in [2.24, 2.45) is 4.99 Å². The molecule has 1 N–H and O–H groups in total. The van der Waals surface area contributed by atoms with Crippen LogP contribution in [0.2, 0.25) is 0 Å². The van der Waals surface area contributed by atoms with Crippen molar-refractivity contribution < 1.29 is 13.5 Å². The van der Waals surface area contributed by atoms with Crippen LogP contribution >= 0.6 is 0 Å². The highest BCUT2D eigenvalue weighted by Crippen LogP contribution is 2.33. The van der Waals surface area contributed by atoms with Gasteiger partial charge in [0.15, 0.2) is 5.82 Å². The van der Waals surface area contributed by atoms with Crippen molar-refractivity contribution in [3.63, 3.8) is 0 Å². The van der Waals surface area contributed by atoms with Gasteiger partial charge >= 0.3 is 0 Å². The quantitative estimate of drug-likeness (QED) is 0.632. The average molecular weight is 440 g/mol. The molecule has 0 bridgehead atoms. The van der Waals surface area contributed by atoms with Crippen molar-refractivity contribution in [1.82, 2.24) is 19.9 Å². The van der Waals surface area contributed by atoms with E-state index in [1.807, 2.05) is 23.6 Å². The molecule has 0 unspecified atom stereocenters. The van der Waals surface area contributed by atoms with Crippen LogP contribution in [0.5, 0.6) is 0 Å². The van der Waals surface area contributed by atoms with Gasteiger partial charge in [-0.25, -0.2) is 13.8 Å². The van der Waals surface area contributed by atoms with E-state index in [-0.39, 0.29) is 23.7 Å². The lowest BCUT2D eigenvalue weighted by atomic mass is 10.0. The SMILES string of the molecule is CN=Cc1ccc([C@@H](C)n2c(N3CC[C@H]4OCCN[C@@H]4C3)nc3cc(F)cc(F)c32)nc1. The molecule has 9 heteroatoms. The number of halogens is 2. The number of rotatable bonds is 4. The Morgan fingerprint density at radius 2 is 2.19 bits per heavy atom. The molecule has 0 spiro atoms. The summed E-state index contributed by atoms with van der Waals surface area (Å²) < 4.78 is 36.7. The van der Waals surface area contributed by atoms with E-state index in [9.17, 15) is 4.39 Å². The summed E-state index contributed by atoms with van der Waals surface area (Å²) in [4.78, 5) is 15.4. The van der Waals surface area contributed by atoms with Crippen molar-refractivity contribution in [1.29, 1.82) is 0 Å². The molecule has 3 aromatic rings. The van der Waals surface area contributed by atoms with Gasteiger partial charge in [-0.2, -0.15) is 0 Å². The number of hydrogen-bond donors (Lipinski definition) is 1. The summed E-state index contributed by atoms with van der Waals surface area (Å²) in [5.41, 5.74) is 2.23. The fourth-order valence-corrected chi connectivity index (χ4v) is 4.71. The summed E-state index contributed by atoms with van der Waals surface area (Å²) in [7, 11) is 1.71. The highest BCUT2D eigenvalue weighted by molar-refractivity contribution is 5.80. The topological polar surface area (TPSA) is 67.6 Å². The maximum absolute atomic E-state index is 15.0. The Morgan fingerprint density at radius 3 is 2.97 bits per heavy atom. The number of nitrogens with one attached hydrogen (secondary N) is 1. The van der Waals surface area contributed by atoms with Gasteiger partial charge in [-0.05, 0) is 19.4 Å². The van der Waals surface area contributed by atoms with Gasteiger partial charge in [-0.1, -0.05) is 6.07 Å². The van der Waals surface area contributed by atoms with E-state index in [0.29, 0.717) is 24.6 Å². The van der Waals surface area contributed by atoms with Gasteiger partial charge in [0.1, 0.15) is 11.3 Å². The van der Waals surface area contributed by atoms with Gasteiger partial charge in [-0.15, -0.1) is 0 Å². The second-order valence-corrected chi connectivity index (χ2v) is 8.32. The molecule has 5 rings (SSSR count). The van der Waals surface area contributed by atoms with Crippen molar-refractivity contribution in [3.05, 3.63) is 53.4 Å². The molecule has 32 heavy (non-hydrogen) atoms. The molecule has 3 atom stereocenters. The zero-order chi connectivity index (χ0) is 22.2. The molecule has 7 nitrogen and oxygen atoms in total. The first-order valence-electron chi connectivity index (χ1n) is 10.9. The van der Waals surface area contributed by atoms with E-state index in [0.717, 1.165) is 36.8 Å². The number of nitrogens with zero attached hydrogens (tertiary/aromatic N) is 5. The minimum atomic E-state index is -0.638. The number of pyridine rings is 1. The maximum Gasteiger partial charge on any atom is 0.207 e. The minimum Gasteiger partial charge on any atom is -0.375 e. The highest BCUT2D eigenvalue weighted by atomic mass is 19.1. The van der Waals surface area contributed by atoms with Crippen LogP contribution in [-0.4, -0.2) is 66.2 Å². The summed E-state index contributed by atoms with van der Waals surface area (Å²) in [5.74, 6) is -0.653. The van der Waals surface area contributed by atoms with E-state index in [1.165, 1.54) is 6.07 Å². The van der Waals surface area contributed by atoms with E-state index in [2.05, 4.69) is 25.2 Å². The Balaban J connectivity index is 1.58. The fraction of sp³-hybridized carbons (Fsp3) is 0.435. The van der Waals surface area contributed by atoms with Crippen LogP contribution in [0.1, 0.15) is 30.6 Å². The molecule has 0 amide bonds. The molecule has 2 aliphatic heterocycles. The molecule has 4 heterocycles. The standard InChI is InChI=1S/C23H26F2N6O/c1-14(18-4-3-15(11-26-2)12-28-18)31-22-17(25)9-16(24)10-19(22)29-23(31)30-7-5-21-20(13-30)27-6-8-32-21/h3-4,9-12,14,20-21,27H,5-8,13H2,1-2H3/t14-,20-,21-/m1/s1.